The van der Waals surface area contributed by atoms with Gasteiger partial charge in [0.2, 0.25) is 5.78 Å². The number of hydrogen-bond donors (Lipinski definition) is 1. The Labute approximate surface area is 173 Å². The number of alkyl halides is 2. The first-order valence-electron chi connectivity index (χ1n) is 10.1. The third-order valence-corrected chi connectivity index (χ3v) is 5.42. The van der Waals surface area contributed by atoms with E-state index in [0.29, 0.717) is 29.0 Å². The highest BCUT2D eigenvalue weighted by Gasteiger charge is 2.32. The molecule has 158 valence electrons. The van der Waals surface area contributed by atoms with Crippen molar-refractivity contribution in [3.63, 3.8) is 0 Å². The number of carbonyl (C=O) groups excluding carboxylic acids is 1. The molecule has 0 saturated carbocycles. The molecular formula is C23H23F2NO4. The molecule has 2 aliphatic heterocycles. The third-order valence-electron chi connectivity index (χ3n) is 5.42. The molecule has 1 saturated heterocycles. The van der Waals surface area contributed by atoms with Crippen LogP contribution in [-0.2, 0) is 6.54 Å². The number of nitrogens with zero attached hydrogens (tertiary/aromatic N) is 1. The minimum absolute atomic E-state index is 0.0121. The van der Waals surface area contributed by atoms with Gasteiger partial charge in [-0.15, -0.1) is 0 Å². The Morgan fingerprint density at radius 2 is 1.83 bits per heavy atom. The summed E-state index contributed by atoms with van der Waals surface area (Å²) in [6.07, 6.45) is 5.98. The van der Waals surface area contributed by atoms with Crippen LogP contribution in [0.1, 0.15) is 47.2 Å². The van der Waals surface area contributed by atoms with Gasteiger partial charge in [-0.05, 0) is 50.2 Å². The molecule has 2 aliphatic rings. The number of ether oxygens (including phenoxy) is 2. The number of likely N-dealkylation sites (tertiary alicyclic amines) is 1. The van der Waals surface area contributed by atoms with E-state index in [4.69, 9.17) is 4.74 Å². The van der Waals surface area contributed by atoms with E-state index in [1.54, 1.807) is 18.2 Å². The molecule has 4 rings (SSSR count). The maximum atomic E-state index is 12.9. The molecule has 2 heterocycles. The number of phenols is 1. The highest BCUT2D eigenvalue weighted by atomic mass is 19.3. The van der Waals surface area contributed by atoms with Crippen LogP contribution in [0.25, 0.3) is 6.08 Å². The Morgan fingerprint density at radius 3 is 2.57 bits per heavy atom. The number of carbonyl (C=O) groups is 1. The summed E-state index contributed by atoms with van der Waals surface area (Å²) in [5, 5.41) is 10.4. The van der Waals surface area contributed by atoms with Crippen LogP contribution in [0, 0.1) is 0 Å². The highest BCUT2D eigenvalue weighted by molar-refractivity contribution is 6.15. The molecule has 1 N–H and O–H groups in total. The standard InChI is InChI=1S/C23H23F2NO4/c24-23(25)30-19-8-4-3-7-15(19)13-20-21(28)16-9-10-18(27)17(22(16)29-20)14-26-11-5-1-2-6-12-26/h3-4,7-10,13,23,27H,1-2,5-6,11-12,14H2/b20-13-. The average molecular weight is 415 g/mol. The Hall–Kier alpha value is -2.93. The number of halogens is 2. The molecule has 2 aromatic rings. The fourth-order valence-corrected chi connectivity index (χ4v) is 3.91. The summed E-state index contributed by atoms with van der Waals surface area (Å²) in [5.41, 5.74) is 1.24. The predicted molar refractivity (Wildman–Crippen MR) is 108 cm³/mol. The van der Waals surface area contributed by atoms with Crippen molar-refractivity contribution in [2.75, 3.05) is 13.1 Å². The van der Waals surface area contributed by atoms with Crippen LogP contribution < -0.4 is 9.47 Å². The van der Waals surface area contributed by atoms with Gasteiger partial charge in [0.15, 0.2) is 5.76 Å². The van der Waals surface area contributed by atoms with Gasteiger partial charge in [0.05, 0.1) is 11.1 Å². The van der Waals surface area contributed by atoms with Crippen molar-refractivity contribution in [2.45, 2.75) is 38.8 Å². The zero-order chi connectivity index (χ0) is 21.1. The topological polar surface area (TPSA) is 59.0 Å². The number of allylic oxidation sites excluding steroid dienone is 1. The van der Waals surface area contributed by atoms with Crippen LogP contribution in [0.15, 0.2) is 42.2 Å². The number of para-hydroxylation sites is 1. The first kappa shape index (κ1) is 20.3. The number of Topliss-reactive ketones (excluding diaryl/α,β-unsaturated/α-hetero) is 1. The smallest absolute Gasteiger partial charge is 0.387 e. The van der Waals surface area contributed by atoms with Crippen molar-refractivity contribution in [1.82, 2.24) is 4.90 Å². The van der Waals surface area contributed by atoms with Gasteiger partial charge in [-0.1, -0.05) is 31.0 Å². The summed E-state index contributed by atoms with van der Waals surface area (Å²) in [5.74, 6) is 0.0308. The van der Waals surface area contributed by atoms with E-state index in [0.717, 1.165) is 25.9 Å². The number of hydrogen-bond acceptors (Lipinski definition) is 5. The zero-order valence-electron chi connectivity index (χ0n) is 16.4. The molecule has 0 aromatic heterocycles. The number of ketones is 1. The SMILES string of the molecule is O=C1/C(=C/c2ccccc2OC(F)F)Oc2c1ccc(O)c2CN1CCCCCC1. The molecule has 0 bridgehead atoms. The Balaban J connectivity index is 1.64. The normalized spacial score (nSPS) is 18.4. The fourth-order valence-electron chi connectivity index (χ4n) is 3.91. The van der Waals surface area contributed by atoms with Gasteiger partial charge >= 0.3 is 6.61 Å². The van der Waals surface area contributed by atoms with E-state index in [9.17, 15) is 18.7 Å². The van der Waals surface area contributed by atoms with Crippen LogP contribution in [0.2, 0.25) is 0 Å². The van der Waals surface area contributed by atoms with Crippen molar-refractivity contribution in [3.05, 3.63) is 58.8 Å². The summed E-state index contributed by atoms with van der Waals surface area (Å²) >= 11 is 0. The van der Waals surface area contributed by atoms with E-state index in [1.807, 2.05) is 0 Å². The first-order chi connectivity index (χ1) is 14.5. The maximum Gasteiger partial charge on any atom is 0.387 e. The van der Waals surface area contributed by atoms with E-state index >= 15 is 0 Å². The van der Waals surface area contributed by atoms with E-state index in [1.165, 1.54) is 37.1 Å². The van der Waals surface area contributed by atoms with Gasteiger partial charge < -0.3 is 14.6 Å². The van der Waals surface area contributed by atoms with E-state index < -0.39 is 6.61 Å². The van der Waals surface area contributed by atoms with Crippen molar-refractivity contribution in [1.29, 1.82) is 0 Å². The lowest BCUT2D eigenvalue weighted by Crippen LogP contribution is -2.24. The van der Waals surface area contributed by atoms with Gasteiger partial charge in [0.25, 0.3) is 0 Å². The van der Waals surface area contributed by atoms with Crippen molar-refractivity contribution in [2.24, 2.45) is 0 Å². The second kappa shape index (κ2) is 8.83. The van der Waals surface area contributed by atoms with Gasteiger partial charge in [0.1, 0.15) is 17.2 Å². The molecule has 30 heavy (non-hydrogen) atoms. The lowest BCUT2D eigenvalue weighted by Gasteiger charge is -2.21. The molecule has 0 unspecified atom stereocenters. The summed E-state index contributed by atoms with van der Waals surface area (Å²) in [4.78, 5) is 15.1. The molecule has 0 radical (unpaired) electrons. The molecule has 0 aliphatic carbocycles. The Morgan fingerprint density at radius 1 is 1.10 bits per heavy atom. The van der Waals surface area contributed by atoms with E-state index in [2.05, 4.69) is 9.64 Å². The van der Waals surface area contributed by atoms with Crippen molar-refractivity contribution in [3.8, 4) is 17.2 Å². The minimum atomic E-state index is -2.97. The molecule has 2 aromatic carbocycles. The number of phenolic OH excluding ortho intramolecular Hbond substituents is 1. The van der Waals surface area contributed by atoms with Crippen LogP contribution in [0.5, 0.6) is 17.2 Å². The van der Waals surface area contributed by atoms with Crippen molar-refractivity contribution >= 4 is 11.9 Å². The van der Waals surface area contributed by atoms with Gasteiger partial charge in [-0.3, -0.25) is 9.69 Å². The monoisotopic (exact) mass is 415 g/mol. The lowest BCUT2D eigenvalue weighted by molar-refractivity contribution is -0.0499. The predicted octanol–water partition coefficient (Wildman–Crippen LogP) is 4.99. The maximum absolute atomic E-state index is 12.9. The summed E-state index contributed by atoms with van der Waals surface area (Å²) in [7, 11) is 0. The molecule has 0 atom stereocenters. The number of aromatic hydroxyl groups is 1. The molecular weight excluding hydrogens is 392 g/mol. The van der Waals surface area contributed by atoms with Crippen molar-refractivity contribution < 1.29 is 28.2 Å². The van der Waals surface area contributed by atoms with E-state index in [-0.39, 0.29) is 23.0 Å². The van der Waals surface area contributed by atoms with Gasteiger partial charge in [-0.2, -0.15) is 8.78 Å². The number of benzene rings is 2. The second-order valence-electron chi connectivity index (χ2n) is 7.49. The quantitative estimate of drug-likeness (QED) is 0.698. The summed E-state index contributed by atoms with van der Waals surface area (Å²) in [6.45, 7) is -0.629. The van der Waals surface area contributed by atoms with Crippen LogP contribution in [0.3, 0.4) is 0 Å². The Bertz CT molecular complexity index is 966. The second-order valence-corrected chi connectivity index (χ2v) is 7.49. The zero-order valence-corrected chi connectivity index (χ0v) is 16.4. The molecule has 0 amide bonds. The van der Waals surface area contributed by atoms with Crippen LogP contribution >= 0.6 is 0 Å². The molecule has 0 spiro atoms. The lowest BCUT2D eigenvalue weighted by atomic mass is 10.0. The molecule has 5 nitrogen and oxygen atoms in total. The molecule has 7 heteroatoms. The largest absolute Gasteiger partial charge is 0.507 e. The van der Waals surface area contributed by atoms with Gasteiger partial charge in [0, 0.05) is 12.1 Å². The minimum Gasteiger partial charge on any atom is -0.507 e. The number of rotatable bonds is 5. The van der Waals surface area contributed by atoms with Crippen LogP contribution in [-0.4, -0.2) is 35.5 Å². The van der Waals surface area contributed by atoms with Gasteiger partial charge in [-0.25, -0.2) is 0 Å². The highest BCUT2D eigenvalue weighted by Crippen LogP contribution is 2.40. The summed E-state index contributed by atoms with van der Waals surface area (Å²) < 4.78 is 35.7. The third kappa shape index (κ3) is 4.31. The Kier molecular flexibility index (Phi) is 5.99. The molecule has 1 fully saturated rings. The number of fused-ring (bicyclic) bond motifs is 1. The average Bonchev–Trinajstić information content (AvgIpc) is 2.88. The first-order valence-corrected chi connectivity index (χ1v) is 10.1. The van der Waals surface area contributed by atoms with Crippen LogP contribution in [0.4, 0.5) is 8.78 Å². The summed E-state index contributed by atoms with van der Waals surface area (Å²) in [6, 6.07) is 9.24. The fraction of sp³-hybridized carbons (Fsp3) is 0.348.